The van der Waals surface area contributed by atoms with E-state index in [4.69, 9.17) is 5.73 Å². The van der Waals surface area contributed by atoms with Crippen LogP contribution in [0.1, 0.15) is 36.6 Å². The third-order valence-electron chi connectivity index (χ3n) is 4.47. The summed E-state index contributed by atoms with van der Waals surface area (Å²) in [6.07, 6.45) is 3.79. The molecule has 3 heteroatoms. The number of aryl methyl sites for hydroxylation is 2. The number of nitrogens with two attached hydrogens (primary N) is 1. The summed E-state index contributed by atoms with van der Waals surface area (Å²) < 4.78 is 2.45. The summed E-state index contributed by atoms with van der Waals surface area (Å²) in [6.45, 7) is 5.38. The molecule has 0 aliphatic heterocycles. The summed E-state index contributed by atoms with van der Waals surface area (Å²) in [7, 11) is 0. The van der Waals surface area contributed by atoms with Crippen molar-refractivity contribution in [3.63, 3.8) is 0 Å². The SMILES string of the molecule is CCCn1c2c(c3cc(C)ccc31)CC(C(N)=O)CC2. The molecule has 1 aliphatic rings. The molecule has 1 amide bonds. The van der Waals surface area contributed by atoms with Crippen LogP contribution in [0.15, 0.2) is 18.2 Å². The highest BCUT2D eigenvalue weighted by Gasteiger charge is 2.27. The van der Waals surface area contributed by atoms with Crippen LogP contribution in [-0.2, 0) is 24.2 Å². The molecule has 20 heavy (non-hydrogen) atoms. The Morgan fingerprint density at radius 3 is 2.95 bits per heavy atom. The highest BCUT2D eigenvalue weighted by Crippen LogP contribution is 2.35. The van der Waals surface area contributed by atoms with E-state index in [9.17, 15) is 4.79 Å². The van der Waals surface area contributed by atoms with Gasteiger partial charge in [0.25, 0.3) is 0 Å². The number of aromatic nitrogens is 1. The molecule has 1 unspecified atom stereocenters. The van der Waals surface area contributed by atoms with Gasteiger partial charge in [-0.25, -0.2) is 0 Å². The Morgan fingerprint density at radius 1 is 1.45 bits per heavy atom. The molecule has 3 nitrogen and oxygen atoms in total. The van der Waals surface area contributed by atoms with E-state index >= 15 is 0 Å². The molecule has 2 aromatic rings. The molecule has 0 spiro atoms. The normalized spacial score (nSPS) is 18.2. The molecule has 3 rings (SSSR count). The molecule has 1 atom stereocenters. The predicted molar refractivity (Wildman–Crippen MR) is 81.7 cm³/mol. The van der Waals surface area contributed by atoms with Gasteiger partial charge in [-0.15, -0.1) is 0 Å². The molecular formula is C17H22N2O. The Balaban J connectivity index is 2.19. The summed E-state index contributed by atoms with van der Waals surface area (Å²) in [5.41, 5.74) is 10.9. The molecule has 1 aromatic carbocycles. The maximum atomic E-state index is 11.5. The Bertz CT molecular complexity index is 669. The fourth-order valence-electron chi connectivity index (χ4n) is 3.49. The minimum Gasteiger partial charge on any atom is -0.369 e. The fourth-order valence-corrected chi connectivity index (χ4v) is 3.49. The molecule has 1 heterocycles. The van der Waals surface area contributed by atoms with Gasteiger partial charge < -0.3 is 10.3 Å². The number of fused-ring (bicyclic) bond motifs is 3. The van der Waals surface area contributed by atoms with Crippen molar-refractivity contribution in [1.82, 2.24) is 4.57 Å². The minimum atomic E-state index is -0.153. The molecule has 0 saturated heterocycles. The lowest BCUT2D eigenvalue weighted by Gasteiger charge is -2.21. The highest BCUT2D eigenvalue weighted by molar-refractivity contribution is 5.88. The smallest absolute Gasteiger partial charge is 0.220 e. The van der Waals surface area contributed by atoms with Crippen LogP contribution in [-0.4, -0.2) is 10.5 Å². The van der Waals surface area contributed by atoms with Crippen molar-refractivity contribution in [2.24, 2.45) is 11.7 Å². The van der Waals surface area contributed by atoms with Crippen LogP contribution < -0.4 is 5.73 Å². The van der Waals surface area contributed by atoms with E-state index in [1.807, 2.05) is 0 Å². The zero-order valence-corrected chi connectivity index (χ0v) is 12.3. The van der Waals surface area contributed by atoms with Crippen LogP contribution in [0.5, 0.6) is 0 Å². The first-order valence-electron chi connectivity index (χ1n) is 7.51. The van der Waals surface area contributed by atoms with Gasteiger partial charge in [-0.2, -0.15) is 0 Å². The topological polar surface area (TPSA) is 48.0 Å². The summed E-state index contributed by atoms with van der Waals surface area (Å²) in [5.74, 6) is -0.150. The number of hydrogen-bond donors (Lipinski definition) is 1. The number of nitrogens with zero attached hydrogens (tertiary/aromatic N) is 1. The second-order valence-electron chi connectivity index (χ2n) is 5.94. The summed E-state index contributed by atoms with van der Waals surface area (Å²) in [4.78, 5) is 11.5. The van der Waals surface area contributed by atoms with Crippen molar-refractivity contribution in [3.8, 4) is 0 Å². The highest BCUT2D eigenvalue weighted by atomic mass is 16.1. The Labute approximate surface area is 119 Å². The first-order valence-corrected chi connectivity index (χ1v) is 7.51. The molecule has 0 bridgehead atoms. The van der Waals surface area contributed by atoms with Gasteiger partial charge in [-0.3, -0.25) is 4.79 Å². The van der Waals surface area contributed by atoms with Crippen molar-refractivity contribution in [2.75, 3.05) is 0 Å². The molecule has 0 saturated carbocycles. The van der Waals surface area contributed by atoms with Crippen molar-refractivity contribution in [1.29, 1.82) is 0 Å². The van der Waals surface area contributed by atoms with Gasteiger partial charge in [0.05, 0.1) is 0 Å². The van der Waals surface area contributed by atoms with E-state index in [0.717, 1.165) is 32.2 Å². The molecular weight excluding hydrogens is 248 g/mol. The van der Waals surface area contributed by atoms with E-state index in [1.54, 1.807) is 0 Å². The van der Waals surface area contributed by atoms with Crippen molar-refractivity contribution in [3.05, 3.63) is 35.0 Å². The van der Waals surface area contributed by atoms with Crippen LogP contribution in [0.2, 0.25) is 0 Å². The average molecular weight is 270 g/mol. The van der Waals surface area contributed by atoms with Gasteiger partial charge in [0.1, 0.15) is 0 Å². The number of rotatable bonds is 3. The van der Waals surface area contributed by atoms with Gasteiger partial charge in [0.15, 0.2) is 0 Å². The number of primary amides is 1. The minimum absolute atomic E-state index is 0.00342. The molecule has 1 aromatic heterocycles. The number of hydrogen-bond acceptors (Lipinski definition) is 1. The fraction of sp³-hybridized carbons (Fsp3) is 0.471. The van der Waals surface area contributed by atoms with Crippen LogP contribution in [0.25, 0.3) is 10.9 Å². The first-order chi connectivity index (χ1) is 9.61. The third-order valence-corrected chi connectivity index (χ3v) is 4.47. The number of amides is 1. The quantitative estimate of drug-likeness (QED) is 0.916. The van der Waals surface area contributed by atoms with E-state index < -0.39 is 0 Å². The second-order valence-corrected chi connectivity index (χ2v) is 5.94. The van der Waals surface area contributed by atoms with Crippen molar-refractivity contribution >= 4 is 16.8 Å². The van der Waals surface area contributed by atoms with Crippen LogP contribution in [0, 0.1) is 12.8 Å². The second kappa shape index (κ2) is 4.97. The maximum absolute atomic E-state index is 11.5. The predicted octanol–water partition coefficient (Wildman–Crippen LogP) is 2.95. The molecule has 0 fully saturated rings. The molecule has 1 aliphatic carbocycles. The summed E-state index contributed by atoms with van der Waals surface area (Å²) >= 11 is 0. The molecule has 0 radical (unpaired) electrons. The standard InChI is InChI=1S/C17H22N2O/c1-3-8-19-15-6-4-11(2)9-13(15)14-10-12(17(18)20)5-7-16(14)19/h4,6,9,12H,3,5,7-8,10H2,1-2H3,(H2,18,20). The van der Waals surface area contributed by atoms with Crippen LogP contribution in [0.3, 0.4) is 0 Å². The lowest BCUT2D eigenvalue weighted by Crippen LogP contribution is -2.29. The van der Waals surface area contributed by atoms with Crippen molar-refractivity contribution in [2.45, 2.75) is 46.1 Å². The average Bonchev–Trinajstić information content (AvgIpc) is 2.73. The largest absolute Gasteiger partial charge is 0.369 e. The number of carbonyl (C=O) groups excluding carboxylic acids is 1. The Hall–Kier alpha value is -1.77. The van der Waals surface area contributed by atoms with E-state index in [2.05, 4.69) is 36.6 Å². The summed E-state index contributed by atoms with van der Waals surface area (Å²) in [5, 5.41) is 1.32. The van der Waals surface area contributed by atoms with E-state index in [0.29, 0.717) is 0 Å². The lowest BCUT2D eigenvalue weighted by atomic mass is 9.86. The zero-order chi connectivity index (χ0) is 14.3. The molecule has 106 valence electrons. The monoisotopic (exact) mass is 270 g/mol. The van der Waals surface area contributed by atoms with Gasteiger partial charge in [0.2, 0.25) is 5.91 Å². The van der Waals surface area contributed by atoms with Crippen LogP contribution >= 0.6 is 0 Å². The van der Waals surface area contributed by atoms with Gasteiger partial charge >= 0.3 is 0 Å². The third kappa shape index (κ3) is 2.01. The van der Waals surface area contributed by atoms with Gasteiger partial charge in [-0.05, 0) is 50.3 Å². The lowest BCUT2D eigenvalue weighted by molar-refractivity contribution is -0.122. The molecule has 2 N–H and O–H groups in total. The van der Waals surface area contributed by atoms with Crippen molar-refractivity contribution < 1.29 is 4.79 Å². The Kier molecular flexibility index (Phi) is 3.28. The number of benzene rings is 1. The Morgan fingerprint density at radius 2 is 2.25 bits per heavy atom. The van der Waals surface area contributed by atoms with Gasteiger partial charge in [-0.1, -0.05) is 18.6 Å². The summed E-state index contributed by atoms with van der Waals surface area (Å²) in [6, 6.07) is 6.65. The van der Waals surface area contributed by atoms with E-state index in [-0.39, 0.29) is 11.8 Å². The number of carbonyl (C=O) groups is 1. The van der Waals surface area contributed by atoms with Gasteiger partial charge in [0, 0.05) is 29.1 Å². The zero-order valence-electron chi connectivity index (χ0n) is 12.3. The first kappa shape index (κ1) is 13.2. The van der Waals surface area contributed by atoms with E-state index in [1.165, 1.54) is 27.7 Å². The van der Waals surface area contributed by atoms with Crippen LogP contribution in [0.4, 0.5) is 0 Å². The maximum Gasteiger partial charge on any atom is 0.220 e.